The van der Waals surface area contributed by atoms with E-state index < -0.39 is 5.97 Å². The molecule has 0 fully saturated rings. The summed E-state index contributed by atoms with van der Waals surface area (Å²) in [4.78, 5) is 11.7. The Morgan fingerprint density at radius 3 is 2.82 bits per heavy atom. The number of ether oxygens (including phenoxy) is 1. The molecule has 94 valence electrons. The summed E-state index contributed by atoms with van der Waals surface area (Å²) in [7, 11) is 0. The van der Waals surface area contributed by atoms with Crippen LogP contribution in [0.4, 0.5) is 0 Å². The number of hydrogen-bond donors (Lipinski definition) is 2. The molecule has 4 nitrogen and oxygen atoms in total. The number of nitrogens with one attached hydrogen (secondary N) is 1. The predicted molar refractivity (Wildman–Crippen MR) is 67.9 cm³/mol. The maximum atomic E-state index is 11.7. The molecule has 1 aliphatic carbocycles. The highest BCUT2D eigenvalue weighted by atomic mass is 35.5. The summed E-state index contributed by atoms with van der Waals surface area (Å²) in [5.41, 5.74) is 4.58. The Morgan fingerprint density at radius 2 is 2.29 bits per heavy atom. The Kier molecular flexibility index (Phi) is 5.25. The molecule has 0 amide bonds. The molecule has 0 heterocycles. The normalized spacial score (nSPS) is 16.0. The van der Waals surface area contributed by atoms with Crippen molar-refractivity contribution in [2.24, 2.45) is 5.84 Å². The molecule has 0 aliphatic heterocycles. The van der Waals surface area contributed by atoms with E-state index in [1.54, 1.807) is 13.0 Å². The van der Waals surface area contributed by atoms with Gasteiger partial charge in [-0.1, -0.05) is 24.6 Å². The highest BCUT2D eigenvalue weighted by Crippen LogP contribution is 2.28. The molecule has 0 aromatic heterocycles. The van der Waals surface area contributed by atoms with E-state index in [0.717, 1.165) is 18.4 Å². The minimum Gasteiger partial charge on any atom is -0.462 e. The third-order valence-corrected chi connectivity index (χ3v) is 2.92. The van der Waals surface area contributed by atoms with Crippen LogP contribution in [0.2, 0.25) is 0 Å². The van der Waals surface area contributed by atoms with Gasteiger partial charge in [0.2, 0.25) is 0 Å². The lowest BCUT2D eigenvalue weighted by Crippen LogP contribution is -2.24. The van der Waals surface area contributed by atoms with Crippen LogP contribution in [0.3, 0.4) is 0 Å². The lowest BCUT2D eigenvalue weighted by atomic mass is 10.1. The van der Waals surface area contributed by atoms with Gasteiger partial charge in [-0.25, -0.2) is 4.79 Å². The van der Waals surface area contributed by atoms with E-state index in [4.69, 9.17) is 22.2 Å². The second-order valence-corrected chi connectivity index (χ2v) is 3.91. The van der Waals surface area contributed by atoms with Crippen LogP contribution >= 0.6 is 11.6 Å². The molecular weight excluding hydrogens is 240 g/mol. The summed E-state index contributed by atoms with van der Waals surface area (Å²) in [5, 5.41) is 0.316. The Labute approximate surface area is 106 Å². The van der Waals surface area contributed by atoms with E-state index in [-0.39, 0.29) is 0 Å². The maximum Gasteiger partial charge on any atom is 0.339 e. The van der Waals surface area contributed by atoms with Gasteiger partial charge in [0, 0.05) is 0 Å². The van der Waals surface area contributed by atoms with E-state index in [1.165, 1.54) is 0 Å². The molecule has 0 saturated carbocycles. The Balaban J connectivity index is 3.19. The SMILES string of the molecule is CCOC(=O)C1=C(Cl)C(NN)=C(CC)CC=C1. The van der Waals surface area contributed by atoms with Gasteiger partial charge in [0.05, 0.1) is 22.9 Å². The van der Waals surface area contributed by atoms with Crippen LogP contribution in [0.5, 0.6) is 0 Å². The van der Waals surface area contributed by atoms with Crippen LogP contribution in [-0.2, 0) is 9.53 Å². The second-order valence-electron chi connectivity index (χ2n) is 3.53. The minimum atomic E-state index is -0.432. The summed E-state index contributed by atoms with van der Waals surface area (Å²) in [5.74, 6) is 5.03. The summed E-state index contributed by atoms with van der Waals surface area (Å²) in [6, 6.07) is 0. The van der Waals surface area contributed by atoms with E-state index >= 15 is 0 Å². The quantitative estimate of drug-likeness (QED) is 0.460. The lowest BCUT2D eigenvalue weighted by molar-refractivity contribution is -0.138. The Bertz CT molecular complexity index is 397. The third kappa shape index (κ3) is 3.11. The predicted octanol–water partition coefficient (Wildman–Crippen LogP) is 2.13. The molecule has 0 aromatic carbocycles. The standard InChI is InChI=1S/C12H17ClN2O2/c1-3-8-6-5-7-9(12(16)17-4-2)10(13)11(8)15-14/h5,7,15H,3-4,6,14H2,1-2H3. The molecule has 0 bridgehead atoms. The molecule has 0 saturated heterocycles. The fourth-order valence-corrected chi connectivity index (χ4v) is 1.97. The zero-order chi connectivity index (χ0) is 12.8. The van der Waals surface area contributed by atoms with Crippen LogP contribution in [0.1, 0.15) is 26.7 Å². The van der Waals surface area contributed by atoms with Gasteiger partial charge in [0.25, 0.3) is 0 Å². The number of hydrogen-bond acceptors (Lipinski definition) is 4. The minimum absolute atomic E-state index is 0.316. The van der Waals surface area contributed by atoms with Gasteiger partial charge in [0.15, 0.2) is 0 Å². The number of hydrazine groups is 1. The number of allylic oxidation sites excluding steroid dienone is 3. The van der Waals surface area contributed by atoms with Crippen LogP contribution in [0.15, 0.2) is 34.0 Å². The lowest BCUT2D eigenvalue weighted by Gasteiger charge is -2.12. The monoisotopic (exact) mass is 256 g/mol. The zero-order valence-corrected chi connectivity index (χ0v) is 10.8. The summed E-state index contributed by atoms with van der Waals surface area (Å²) in [6.45, 7) is 4.08. The van der Waals surface area contributed by atoms with Crippen molar-refractivity contribution in [3.8, 4) is 0 Å². The highest BCUT2D eigenvalue weighted by Gasteiger charge is 2.19. The third-order valence-electron chi connectivity index (χ3n) is 2.52. The molecule has 1 aliphatic rings. The van der Waals surface area contributed by atoms with Crippen LogP contribution in [0, 0.1) is 0 Å². The van der Waals surface area contributed by atoms with E-state index in [9.17, 15) is 4.79 Å². The van der Waals surface area contributed by atoms with Gasteiger partial charge in [-0.3, -0.25) is 5.84 Å². The molecule has 1 rings (SSSR count). The number of carbonyl (C=O) groups excluding carboxylic acids is 1. The van der Waals surface area contributed by atoms with Crippen LogP contribution < -0.4 is 11.3 Å². The number of halogens is 1. The Morgan fingerprint density at radius 1 is 1.59 bits per heavy atom. The number of esters is 1. The molecule has 0 unspecified atom stereocenters. The van der Waals surface area contributed by atoms with E-state index in [2.05, 4.69) is 5.43 Å². The topological polar surface area (TPSA) is 64.3 Å². The largest absolute Gasteiger partial charge is 0.462 e. The van der Waals surface area contributed by atoms with Crippen molar-refractivity contribution >= 4 is 17.6 Å². The van der Waals surface area contributed by atoms with Gasteiger partial charge in [-0.05, 0) is 31.4 Å². The van der Waals surface area contributed by atoms with E-state index in [1.807, 2.05) is 13.0 Å². The van der Waals surface area contributed by atoms with Crippen molar-refractivity contribution in [3.63, 3.8) is 0 Å². The fourth-order valence-electron chi connectivity index (χ4n) is 1.64. The molecule has 5 heteroatoms. The molecule has 0 spiro atoms. The first-order valence-electron chi connectivity index (χ1n) is 5.58. The molecule has 0 radical (unpaired) electrons. The average molecular weight is 257 g/mol. The molecule has 0 atom stereocenters. The first kappa shape index (κ1) is 13.8. The van der Waals surface area contributed by atoms with Crippen molar-refractivity contribution < 1.29 is 9.53 Å². The molecular formula is C12H17ClN2O2. The van der Waals surface area contributed by atoms with Crippen molar-refractivity contribution in [1.29, 1.82) is 0 Å². The fraction of sp³-hybridized carbons (Fsp3) is 0.417. The summed E-state index contributed by atoms with van der Waals surface area (Å²) < 4.78 is 4.95. The van der Waals surface area contributed by atoms with Gasteiger partial charge in [-0.15, -0.1) is 0 Å². The first-order chi connectivity index (χ1) is 8.15. The number of rotatable bonds is 4. The van der Waals surface area contributed by atoms with Crippen molar-refractivity contribution in [3.05, 3.63) is 34.0 Å². The highest BCUT2D eigenvalue weighted by molar-refractivity contribution is 6.34. The number of carbonyl (C=O) groups is 1. The summed E-state index contributed by atoms with van der Waals surface area (Å²) in [6.07, 6.45) is 5.10. The maximum absolute atomic E-state index is 11.7. The summed E-state index contributed by atoms with van der Waals surface area (Å²) >= 11 is 6.18. The number of nitrogens with two attached hydrogens (primary N) is 1. The van der Waals surface area contributed by atoms with Gasteiger partial charge in [-0.2, -0.15) is 0 Å². The van der Waals surface area contributed by atoms with Crippen molar-refractivity contribution in [1.82, 2.24) is 5.43 Å². The zero-order valence-electron chi connectivity index (χ0n) is 10.0. The average Bonchev–Trinajstić information content (AvgIpc) is 2.48. The van der Waals surface area contributed by atoms with Crippen LogP contribution in [-0.4, -0.2) is 12.6 Å². The first-order valence-corrected chi connectivity index (χ1v) is 5.95. The van der Waals surface area contributed by atoms with Gasteiger partial charge < -0.3 is 10.2 Å². The Hall–Kier alpha value is -1.26. The van der Waals surface area contributed by atoms with Crippen molar-refractivity contribution in [2.45, 2.75) is 26.7 Å². The molecule has 3 N–H and O–H groups in total. The smallest absolute Gasteiger partial charge is 0.339 e. The van der Waals surface area contributed by atoms with Gasteiger partial charge in [0.1, 0.15) is 0 Å². The van der Waals surface area contributed by atoms with Gasteiger partial charge >= 0.3 is 5.97 Å². The van der Waals surface area contributed by atoms with E-state index in [0.29, 0.717) is 22.9 Å². The molecule has 0 aromatic rings. The molecule has 17 heavy (non-hydrogen) atoms. The van der Waals surface area contributed by atoms with Crippen molar-refractivity contribution in [2.75, 3.05) is 6.61 Å². The van der Waals surface area contributed by atoms with Crippen LogP contribution in [0.25, 0.3) is 0 Å². The second kappa shape index (κ2) is 6.47.